The standard InChI is InChI=1S/C20H22BrClN2O4/c1-3-10-28-19-16(22)11-13(12-17(19)27-2)20(26)23-9-8-18(25)24-15-6-4-14(21)5-7-15/h4-7,11-12H,3,8-10H2,1-2H3,(H,23,26)(H,24,25). The van der Waals surface area contributed by atoms with Crippen molar-refractivity contribution in [3.05, 3.63) is 51.5 Å². The number of methoxy groups -OCH3 is 1. The fourth-order valence-corrected chi connectivity index (χ4v) is 2.87. The van der Waals surface area contributed by atoms with Crippen LogP contribution in [0.5, 0.6) is 11.5 Å². The molecule has 2 rings (SSSR count). The van der Waals surface area contributed by atoms with Gasteiger partial charge < -0.3 is 20.1 Å². The second kappa shape index (κ2) is 10.9. The van der Waals surface area contributed by atoms with Crippen LogP contribution in [0.15, 0.2) is 40.9 Å². The van der Waals surface area contributed by atoms with E-state index in [2.05, 4.69) is 26.6 Å². The maximum absolute atomic E-state index is 12.4. The van der Waals surface area contributed by atoms with Crippen LogP contribution in [0.3, 0.4) is 0 Å². The number of carbonyl (C=O) groups is 2. The number of halogens is 2. The molecular formula is C20H22BrClN2O4. The number of hydrogen-bond donors (Lipinski definition) is 2. The molecule has 150 valence electrons. The molecule has 8 heteroatoms. The molecule has 0 bridgehead atoms. The maximum Gasteiger partial charge on any atom is 0.251 e. The van der Waals surface area contributed by atoms with E-state index in [1.807, 2.05) is 19.1 Å². The number of carbonyl (C=O) groups excluding carboxylic acids is 2. The number of ether oxygens (including phenoxy) is 2. The van der Waals surface area contributed by atoms with Gasteiger partial charge >= 0.3 is 0 Å². The van der Waals surface area contributed by atoms with Gasteiger partial charge in [0.1, 0.15) is 0 Å². The predicted octanol–water partition coefficient (Wildman–Crippen LogP) is 4.66. The first-order chi connectivity index (χ1) is 13.4. The van der Waals surface area contributed by atoms with Crippen molar-refractivity contribution in [1.82, 2.24) is 5.32 Å². The Labute approximate surface area is 177 Å². The molecule has 0 aliphatic heterocycles. The van der Waals surface area contributed by atoms with E-state index in [1.54, 1.807) is 18.2 Å². The van der Waals surface area contributed by atoms with Crippen molar-refractivity contribution in [2.24, 2.45) is 0 Å². The van der Waals surface area contributed by atoms with Crippen molar-refractivity contribution in [2.75, 3.05) is 25.6 Å². The molecule has 0 aromatic heterocycles. The van der Waals surface area contributed by atoms with Crippen LogP contribution in [0.4, 0.5) is 5.69 Å². The number of benzene rings is 2. The fraction of sp³-hybridized carbons (Fsp3) is 0.300. The number of hydrogen-bond acceptors (Lipinski definition) is 4. The Hall–Kier alpha value is -2.25. The molecule has 0 fully saturated rings. The largest absolute Gasteiger partial charge is 0.493 e. The average Bonchev–Trinajstić information content (AvgIpc) is 2.68. The van der Waals surface area contributed by atoms with Crippen LogP contribution in [0.1, 0.15) is 30.1 Å². The molecule has 0 heterocycles. The lowest BCUT2D eigenvalue weighted by atomic mass is 10.2. The zero-order valence-electron chi connectivity index (χ0n) is 15.7. The molecular weight excluding hydrogens is 448 g/mol. The first-order valence-corrected chi connectivity index (χ1v) is 9.95. The highest BCUT2D eigenvalue weighted by Gasteiger charge is 2.16. The lowest BCUT2D eigenvalue weighted by Crippen LogP contribution is -2.27. The van der Waals surface area contributed by atoms with Gasteiger partial charge in [0.05, 0.1) is 18.7 Å². The maximum atomic E-state index is 12.4. The quantitative estimate of drug-likeness (QED) is 0.560. The van der Waals surface area contributed by atoms with E-state index < -0.39 is 0 Å². The summed E-state index contributed by atoms with van der Waals surface area (Å²) in [6, 6.07) is 10.3. The summed E-state index contributed by atoms with van der Waals surface area (Å²) in [4.78, 5) is 24.3. The normalized spacial score (nSPS) is 10.3. The van der Waals surface area contributed by atoms with Gasteiger partial charge in [-0.25, -0.2) is 0 Å². The Kier molecular flexibility index (Phi) is 8.60. The Balaban J connectivity index is 1.90. The summed E-state index contributed by atoms with van der Waals surface area (Å²) in [5.74, 6) is 0.260. The van der Waals surface area contributed by atoms with Gasteiger partial charge in [0.15, 0.2) is 11.5 Å². The summed E-state index contributed by atoms with van der Waals surface area (Å²) < 4.78 is 11.8. The van der Waals surface area contributed by atoms with Gasteiger partial charge in [0.2, 0.25) is 5.91 Å². The molecule has 0 aliphatic rings. The zero-order valence-corrected chi connectivity index (χ0v) is 18.0. The van der Waals surface area contributed by atoms with Crippen LogP contribution >= 0.6 is 27.5 Å². The van der Waals surface area contributed by atoms with E-state index in [4.69, 9.17) is 21.1 Å². The van der Waals surface area contributed by atoms with Crippen molar-refractivity contribution in [3.63, 3.8) is 0 Å². The average molecular weight is 470 g/mol. The molecule has 0 radical (unpaired) electrons. The molecule has 2 amide bonds. The van der Waals surface area contributed by atoms with Crippen LogP contribution in [0.2, 0.25) is 5.02 Å². The fourth-order valence-electron chi connectivity index (χ4n) is 2.34. The van der Waals surface area contributed by atoms with Gasteiger partial charge in [-0.15, -0.1) is 0 Å². The van der Waals surface area contributed by atoms with E-state index in [9.17, 15) is 9.59 Å². The summed E-state index contributed by atoms with van der Waals surface area (Å²) in [6.07, 6.45) is 0.967. The van der Waals surface area contributed by atoms with E-state index in [0.717, 1.165) is 10.9 Å². The summed E-state index contributed by atoms with van der Waals surface area (Å²) in [7, 11) is 1.48. The molecule has 6 nitrogen and oxygen atoms in total. The molecule has 0 saturated carbocycles. The van der Waals surface area contributed by atoms with Crippen LogP contribution in [-0.2, 0) is 4.79 Å². The van der Waals surface area contributed by atoms with Gasteiger partial charge in [-0.1, -0.05) is 34.5 Å². The highest BCUT2D eigenvalue weighted by atomic mass is 79.9. The highest BCUT2D eigenvalue weighted by molar-refractivity contribution is 9.10. The third-order valence-corrected chi connectivity index (χ3v) is 4.52. The molecule has 2 aromatic rings. The lowest BCUT2D eigenvalue weighted by Gasteiger charge is -2.14. The van der Waals surface area contributed by atoms with Crippen molar-refractivity contribution < 1.29 is 19.1 Å². The van der Waals surface area contributed by atoms with Crippen LogP contribution in [0, 0.1) is 0 Å². The monoisotopic (exact) mass is 468 g/mol. The second-order valence-electron chi connectivity index (χ2n) is 5.90. The van der Waals surface area contributed by atoms with Crippen LogP contribution in [0.25, 0.3) is 0 Å². The molecule has 0 spiro atoms. The second-order valence-corrected chi connectivity index (χ2v) is 7.22. The Bertz CT molecular complexity index is 828. The van der Waals surface area contributed by atoms with Gasteiger partial charge in [-0.05, 0) is 42.8 Å². The van der Waals surface area contributed by atoms with E-state index in [0.29, 0.717) is 34.4 Å². The van der Waals surface area contributed by atoms with Gasteiger partial charge in [-0.2, -0.15) is 0 Å². The highest BCUT2D eigenvalue weighted by Crippen LogP contribution is 2.36. The van der Waals surface area contributed by atoms with Gasteiger partial charge in [0.25, 0.3) is 5.91 Å². The Morgan fingerprint density at radius 3 is 2.54 bits per heavy atom. The van der Waals surface area contributed by atoms with Crippen molar-refractivity contribution in [2.45, 2.75) is 19.8 Å². The lowest BCUT2D eigenvalue weighted by molar-refractivity contribution is -0.116. The van der Waals surface area contributed by atoms with Crippen molar-refractivity contribution >= 4 is 45.0 Å². The molecule has 0 atom stereocenters. The topological polar surface area (TPSA) is 76.7 Å². The number of nitrogens with one attached hydrogen (secondary N) is 2. The number of amides is 2. The molecule has 0 saturated heterocycles. The molecule has 2 aromatic carbocycles. The minimum atomic E-state index is -0.348. The van der Waals surface area contributed by atoms with Crippen molar-refractivity contribution in [1.29, 1.82) is 0 Å². The third-order valence-electron chi connectivity index (χ3n) is 3.71. The molecule has 0 unspecified atom stereocenters. The summed E-state index contributed by atoms with van der Waals surface area (Å²) in [5.41, 5.74) is 1.03. The van der Waals surface area contributed by atoms with Crippen molar-refractivity contribution in [3.8, 4) is 11.5 Å². The Morgan fingerprint density at radius 2 is 1.89 bits per heavy atom. The molecule has 0 aliphatic carbocycles. The van der Waals surface area contributed by atoms with Gasteiger partial charge in [-0.3, -0.25) is 9.59 Å². The van der Waals surface area contributed by atoms with E-state index in [-0.39, 0.29) is 24.8 Å². The smallest absolute Gasteiger partial charge is 0.251 e. The SMILES string of the molecule is CCCOc1c(Cl)cc(C(=O)NCCC(=O)Nc2ccc(Br)cc2)cc1OC. The summed E-state index contributed by atoms with van der Waals surface area (Å²) in [5, 5.41) is 5.77. The zero-order chi connectivity index (χ0) is 20.5. The summed E-state index contributed by atoms with van der Waals surface area (Å²) >= 11 is 9.56. The minimum Gasteiger partial charge on any atom is -0.493 e. The first kappa shape index (κ1) is 22.0. The molecule has 2 N–H and O–H groups in total. The minimum absolute atomic E-state index is 0.143. The van der Waals surface area contributed by atoms with Crippen LogP contribution in [-0.4, -0.2) is 32.1 Å². The third kappa shape index (κ3) is 6.42. The Morgan fingerprint density at radius 1 is 1.18 bits per heavy atom. The summed E-state index contributed by atoms with van der Waals surface area (Å²) in [6.45, 7) is 2.67. The van der Waals surface area contributed by atoms with Gasteiger partial charge in [0, 0.05) is 28.7 Å². The van der Waals surface area contributed by atoms with E-state index in [1.165, 1.54) is 13.2 Å². The van der Waals surface area contributed by atoms with E-state index >= 15 is 0 Å². The number of rotatable bonds is 9. The number of anilines is 1. The first-order valence-electron chi connectivity index (χ1n) is 8.78. The predicted molar refractivity (Wildman–Crippen MR) is 114 cm³/mol. The van der Waals surface area contributed by atoms with Crippen LogP contribution < -0.4 is 20.1 Å². The molecule has 28 heavy (non-hydrogen) atoms.